The largest absolute Gasteiger partial charge is 0.396 e. The molecule has 5 nitrogen and oxygen atoms in total. The Bertz CT molecular complexity index is 300. The lowest BCUT2D eigenvalue weighted by atomic mass is 10.0. The van der Waals surface area contributed by atoms with E-state index in [2.05, 4.69) is 22.2 Å². The fraction of sp³-hybridized carbons (Fsp3) is 0.636. The minimum absolute atomic E-state index is 0.226. The molecule has 0 fully saturated rings. The van der Waals surface area contributed by atoms with Crippen LogP contribution >= 0.6 is 0 Å². The van der Waals surface area contributed by atoms with Crippen molar-refractivity contribution in [3.63, 3.8) is 0 Å². The number of nitrogens with one attached hydrogen (secondary N) is 1. The van der Waals surface area contributed by atoms with Gasteiger partial charge in [-0.1, -0.05) is 13.3 Å². The highest BCUT2D eigenvalue weighted by Gasteiger charge is 2.07. The van der Waals surface area contributed by atoms with Crippen molar-refractivity contribution in [2.75, 3.05) is 24.2 Å². The Morgan fingerprint density at radius 1 is 1.50 bits per heavy atom. The molecule has 0 aliphatic heterocycles. The van der Waals surface area contributed by atoms with Gasteiger partial charge in [0.15, 0.2) is 0 Å². The standard InChI is InChI=1S/C11H20N4O/c1-2-3-9(5-7-16)8-14-11-13-6-4-10(12)15-11/h4,6,9,16H,2-3,5,7-8H2,1H3,(H3,12,13,14,15). The number of nitrogen functional groups attached to an aromatic ring is 1. The van der Waals surface area contributed by atoms with Crippen molar-refractivity contribution in [3.05, 3.63) is 12.3 Å². The van der Waals surface area contributed by atoms with E-state index in [4.69, 9.17) is 10.8 Å². The van der Waals surface area contributed by atoms with Gasteiger partial charge < -0.3 is 16.2 Å². The molecule has 1 aromatic heterocycles. The Labute approximate surface area is 96.1 Å². The summed E-state index contributed by atoms with van der Waals surface area (Å²) >= 11 is 0. The molecule has 16 heavy (non-hydrogen) atoms. The monoisotopic (exact) mass is 224 g/mol. The molecule has 1 aromatic rings. The summed E-state index contributed by atoms with van der Waals surface area (Å²) in [4.78, 5) is 8.13. The van der Waals surface area contributed by atoms with Crippen molar-refractivity contribution in [2.45, 2.75) is 26.2 Å². The average Bonchev–Trinajstić information content (AvgIpc) is 2.27. The average molecular weight is 224 g/mol. The van der Waals surface area contributed by atoms with Gasteiger partial charge in [-0.2, -0.15) is 4.98 Å². The molecule has 1 heterocycles. The van der Waals surface area contributed by atoms with Crippen LogP contribution in [0, 0.1) is 5.92 Å². The number of rotatable bonds is 7. The molecule has 5 heteroatoms. The number of hydrogen-bond donors (Lipinski definition) is 3. The molecule has 0 amide bonds. The van der Waals surface area contributed by atoms with Gasteiger partial charge in [0.2, 0.25) is 5.95 Å². The third-order valence-corrected chi connectivity index (χ3v) is 2.46. The maximum atomic E-state index is 8.93. The van der Waals surface area contributed by atoms with E-state index in [1.165, 1.54) is 0 Å². The normalized spacial score (nSPS) is 12.4. The summed E-state index contributed by atoms with van der Waals surface area (Å²) < 4.78 is 0. The number of nitrogens with zero attached hydrogens (tertiary/aromatic N) is 2. The van der Waals surface area contributed by atoms with Gasteiger partial charge in [-0.15, -0.1) is 0 Å². The quantitative estimate of drug-likeness (QED) is 0.649. The number of aliphatic hydroxyl groups excluding tert-OH is 1. The lowest BCUT2D eigenvalue weighted by Crippen LogP contribution is -2.17. The van der Waals surface area contributed by atoms with Crippen molar-refractivity contribution in [3.8, 4) is 0 Å². The van der Waals surface area contributed by atoms with Crippen LogP contribution in [0.5, 0.6) is 0 Å². The van der Waals surface area contributed by atoms with Crippen molar-refractivity contribution < 1.29 is 5.11 Å². The zero-order chi connectivity index (χ0) is 11.8. The van der Waals surface area contributed by atoms with E-state index in [0.29, 0.717) is 17.7 Å². The molecule has 1 atom stereocenters. The second kappa shape index (κ2) is 7.00. The van der Waals surface area contributed by atoms with E-state index in [1.807, 2.05) is 0 Å². The topological polar surface area (TPSA) is 84.1 Å². The first kappa shape index (κ1) is 12.7. The van der Waals surface area contributed by atoms with Gasteiger partial charge in [0.1, 0.15) is 5.82 Å². The van der Waals surface area contributed by atoms with Crippen LogP contribution in [0.25, 0.3) is 0 Å². The van der Waals surface area contributed by atoms with Gasteiger partial charge in [-0.25, -0.2) is 4.98 Å². The van der Waals surface area contributed by atoms with Crippen LogP contribution in [0.15, 0.2) is 12.3 Å². The first-order chi connectivity index (χ1) is 7.76. The zero-order valence-electron chi connectivity index (χ0n) is 9.69. The first-order valence-electron chi connectivity index (χ1n) is 5.69. The smallest absolute Gasteiger partial charge is 0.224 e. The summed E-state index contributed by atoms with van der Waals surface area (Å²) in [6.45, 7) is 3.14. The second-order valence-electron chi connectivity index (χ2n) is 3.85. The predicted octanol–water partition coefficient (Wildman–Crippen LogP) is 1.27. The molecular formula is C11H20N4O. The third-order valence-electron chi connectivity index (χ3n) is 2.46. The Balaban J connectivity index is 2.41. The Hall–Kier alpha value is -1.36. The third kappa shape index (κ3) is 4.44. The molecule has 1 rings (SSSR count). The van der Waals surface area contributed by atoms with E-state index >= 15 is 0 Å². The Kier molecular flexibility index (Phi) is 5.56. The molecule has 0 saturated heterocycles. The number of aromatic nitrogens is 2. The molecule has 0 aliphatic carbocycles. The van der Waals surface area contributed by atoms with E-state index in [9.17, 15) is 0 Å². The SMILES string of the molecule is CCCC(CCO)CNc1nccc(N)n1. The fourth-order valence-corrected chi connectivity index (χ4v) is 1.63. The lowest BCUT2D eigenvalue weighted by Gasteiger charge is -2.15. The zero-order valence-corrected chi connectivity index (χ0v) is 9.69. The number of nitrogens with two attached hydrogens (primary N) is 1. The molecule has 90 valence electrons. The summed E-state index contributed by atoms with van der Waals surface area (Å²) in [7, 11) is 0. The van der Waals surface area contributed by atoms with Crippen molar-refractivity contribution >= 4 is 11.8 Å². The van der Waals surface area contributed by atoms with Crippen LogP contribution in [0.2, 0.25) is 0 Å². The summed E-state index contributed by atoms with van der Waals surface area (Å²) in [6, 6.07) is 1.66. The highest BCUT2D eigenvalue weighted by molar-refractivity contribution is 5.34. The predicted molar refractivity (Wildman–Crippen MR) is 65.0 cm³/mol. The molecule has 0 aliphatic rings. The van der Waals surface area contributed by atoms with Crippen molar-refractivity contribution in [1.82, 2.24) is 9.97 Å². The van der Waals surface area contributed by atoms with Crippen LogP contribution < -0.4 is 11.1 Å². The minimum atomic E-state index is 0.226. The van der Waals surface area contributed by atoms with Crippen LogP contribution in [0.4, 0.5) is 11.8 Å². The summed E-state index contributed by atoms with van der Waals surface area (Å²) in [5.41, 5.74) is 5.55. The fourth-order valence-electron chi connectivity index (χ4n) is 1.63. The molecular weight excluding hydrogens is 204 g/mol. The molecule has 0 aromatic carbocycles. The van der Waals surface area contributed by atoms with E-state index in [0.717, 1.165) is 25.8 Å². The lowest BCUT2D eigenvalue weighted by molar-refractivity contribution is 0.255. The Morgan fingerprint density at radius 2 is 2.31 bits per heavy atom. The highest BCUT2D eigenvalue weighted by atomic mass is 16.3. The van der Waals surface area contributed by atoms with E-state index < -0.39 is 0 Å². The van der Waals surface area contributed by atoms with E-state index in [1.54, 1.807) is 12.3 Å². The van der Waals surface area contributed by atoms with Crippen LogP contribution in [-0.2, 0) is 0 Å². The summed E-state index contributed by atoms with van der Waals surface area (Å²) in [6.07, 6.45) is 4.65. The van der Waals surface area contributed by atoms with Gasteiger partial charge in [0.05, 0.1) is 0 Å². The molecule has 0 radical (unpaired) electrons. The van der Waals surface area contributed by atoms with Crippen LogP contribution in [0.1, 0.15) is 26.2 Å². The molecule has 0 spiro atoms. The van der Waals surface area contributed by atoms with Gasteiger partial charge in [-0.05, 0) is 24.8 Å². The van der Waals surface area contributed by atoms with E-state index in [-0.39, 0.29) is 6.61 Å². The highest BCUT2D eigenvalue weighted by Crippen LogP contribution is 2.11. The van der Waals surface area contributed by atoms with Gasteiger partial charge in [-0.3, -0.25) is 0 Å². The molecule has 4 N–H and O–H groups in total. The summed E-state index contributed by atoms with van der Waals surface area (Å²) in [5, 5.41) is 12.1. The molecule has 1 unspecified atom stereocenters. The van der Waals surface area contributed by atoms with Crippen molar-refractivity contribution in [1.29, 1.82) is 0 Å². The van der Waals surface area contributed by atoms with Gasteiger partial charge in [0, 0.05) is 19.3 Å². The summed E-state index contributed by atoms with van der Waals surface area (Å²) in [5.74, 6) is 1.48. The molecule has 0 bridgehead atoms. The first-order valence-corrected chi connectivity index (χ1v) is 5.69. The van der Waals surface area contributed by atoms with Gasteiger partial charge >= 0.3 is 0 Å². The number of hydrogen-bond acceptors (Lipinski definition) is 5. The molecule has 0 saturated carbocycles. The van der Waals surface area contributed by atoms with Crippen molar-refractivity contribution in [2.24, 2.45) is 5.92 Å². The number of aliphatic hydroxyl groups is 1. The minimum Gasteiger partial charge on any atom is -0.396 e. The second-order valence-corrected chi connectivity index (χ2v) is 3.85. The number of anilines is 2. The van der Waals surface area contributed by atoms with Gasteiger partial charge in [0.25, 0.3) is 0 Å². The van der Waals surface area contributed by atoms with Crippen LogP contribution in [-0.4, -0.2) is 28.2 Å². The van der Waals surface area contributed by atoms with Crippen LogP contribution in [0.3, 0.4) is 0 Å². The maximum absolute atomic E-state index is 8.93. The Morgan fingerprint density at radius 3 is 2.94 bits per heavy atom. The maximum Gasteiger partial charge on any atom is 0.224 e.